The van der Waals surface area contributed by atoms with E-state index in [0.717, 1.165) is 23.3 Å². The SMILES string of the molecule is CC(C)NC(=O)C(C)N(Cc1ccc(Cl)cc1)C(=O)CN(c1ccc(Cl)c(C(F)(F)F)c1)S(C)(=O)=O. The summed E-state index contributed by atoms with van der Waals surface area (Å²) in [5.74, 6) is -1.28. The van der Waals surface area contributed by atoms with Crippen molar-refractivity contribution in [2.24, 2.45) is 0 Å². The van der Waals surface area contributed by atoms with E-state index < -0.39 is 56.9 Å². The average Bonchev–Trinajstić information content (AvgIpc) is 2.75. The van der Waals surface area contributed by atoms with Crippen molar-refractivity contribution in [2.45, 2.75) is 45.6 Å². The fourth-order valence-electron chi connectivity index (χ4n) is 3.27. The quantitative estimate of drug-likeness (QED) is 0.475. The molecule has 0 aliphatic heterocycles. The number of carbonyl (C=O) groups excluding carboxylic acids is 2. The summed E-state index contributed by atoms with van der Waals surface area (Å²) in [4.78, 5) is 27.2. The molecule has 36 heavy (non-hydrogen) atoms. The molecule has 0 saturated heterocycles. The number of nitrogens with zero attached hydrogens (tertiary/aromatic N) is 2. The molecular weight excluding hydrogens is 542 g/mol. The van der Waals surface area contributed by atoms with E-state index in [1.807, 2.05) is 0 Å². The van der Waals surface area contributed by atoms with E-state index in [9.17, 15) is 31.2 Å². The first kappa shape index (κ1) is 29.7. The number of sulfonamides is 1. The van der Waals surface area contributed by atoms with Crippen molar-refractivity contribution in [1.29, 1.82) is 0 Å². The number of halogens is 5. The Labute approximate surface area is 218 Å². The number of anilines is 1. The van der Waals surface area contributed by atoms with Crippen LogP contribution in [0.3, 0.4) is 0 Å². The molecule has 2 aromatic carbocycles. The van der Waals surface area contributed by atoms with Gasteiger partial charge in [-0.05, 0) is 56.7 Å². The fraction of sp³-hybridized carbons (Fsp3) is 0.391. The Hall–Kier alpha value is -2.50. The maximum absolute atomic E-state index is 13.4. The maximum atomic E-state index is 13.4. The highest BCUT2D eigenvalue weighted by Gasteiger charge is 2.35. The van der Waals surface area contributed by atoms with Gasteiger partial charge in [-0.2, -0.15) is 13.2 Å². The summed E-state index contributed by atoms with van der Waals surface area (Å²) in [6.07, 6.45) is -4.08. The molecule has 198 valence electrons. The van der Waals surface area contributed by atoms with Crippen LogP contribution in [-0.2, 0) is 32.3 Å². The first-order chi connectivity index (χ1) is 16.5. The van der Waals surface area contributed by atoms with Crippen LogP contribution in [0.4, 0.5) is 18.9 Å². The predicted molar refractivity (Wildman–Crippen MR) is 133 cm³/mol. The largest absolute Gasteiger partial charge is 0.417 e. The van der Waals surface area contributed by atoms with Crippen molar-refractivity contribution >= 4 is 50.7 Å². The van der Waals surface area contributed by atoms with Gasteiger partial charge in [0, 0.05) is 17.6 Å². The number of carbonyl (C=O) groups is 2. The minimum Gasteiger partial charge on any atom is -0.352 e. The lowest BCUT2D eigenvalue weighted by Crippen LogP contribution is -2.52. The number of alkyl halides is 3. The molecule has 0 heterocycles. The molecule has 0 aliphatic carbocycles. The van der Waals surface area contributed by atoms with Gasteiger partial charge >= 0.3 is 6.18 Å². The Morgan fingerprint density at radius 1 is 1.03 bits per heavy atom. The van der Waals surface area contributed by atoms with Crippen LogP contribution in [-0.4, -0.2) is 50.0 Å². The number of benzene rings is 2. The lowest BCUT2D eigenvalue weighted by atomic mass is 10.1. The molecule has 0 saturated carbocycles. The molecule has 1 unspecified atom stereocenters. The van der Waals surface area contributed by atoms with Crippen LogP contribution in [0.5, 0.6) is 0 Å². The summed E-state index contributed by atoms with van der Waals surface area (Å²) in [6.45, 7) is 4.03. The van der Waals surface area contributed by atoms with E-state index in [4.69, 9.17) is 23.2 Å². The highest BCUT2D eigenvalue weighted by Crippen LogP contribution is 2.37. The van der Waals surface area contributed by atoms with Crippen LogP contribution in [0.25, 0.3) is 0 Å². The topological polar surface area (TPSA) is 86.8 Å². The third-order valence-corrected chi connectivity index (χ3v) is 6.81. The molecule has 1 atom stereocenters. The summed E-state index contributed by atoms with van der Waals surface area (Å²) in [6, 6.07) is 7.76. The molecule has 7 nitrogen and oxygen atoms in total. The number of nitrogens with one attached hydrogen (secondary N) is 1. The number of rotatable bonds is 9. The standard InChI is InChI=1S/C23H26Cl2F3N3O4S/c1-14(2)29-22(33)15(3)30(12-16-5-7-17(24)8-6-16)21(32)13-31(36(4,34)35)18-9-10-20(25)19(11-18)23(26,27)28/h5-11,14-15H,12-13H2,1-4H3,(H,29,33). The summed E-state index contributed by atoms with van der Waals surface area (Å²) < 4.78 is 65.7. The van der Waals surface area contributed by atoms with Gasteiger partial charge in [-0.25, -0.2) is 8.42 Å². The molecule has 0 radical (unpaired) electrons. The Balaban J connectivity index is 2.47. The van der Waals surface area contributed by atoms with Crippen LogP contribution in [0.2, 0.25) is 10.0 Å². The zero-order valence-electron chi connectivity index (χ0n) is 19.9. The van der Waals surface area contributed by atoms with E-state index >= 15 is 0 Å². The van der Waals surface area contributed by atoms with E-state index in [1.165, 1.54) is 6.92 Å². The molecular formula is C23H26Cl2F3N3O4S. The second-order valence-corrected chi connectivity index (χ2v) is 11.2. The van der Waals surface area contributed by atoms with Gasteiger partial charge in [-0.15, -0.1) is 0 Å². The molecule has 2 rings (SSSR count). The van der Waals surface area contributed by atoms with Gasteiger partial charge in [0.2, 0.25) is 21.8 Å². The van der Waals surface area contributed by atoms with Crippen LogP contribution < -0.4 is 9.62 Å². The fourth-order valence-corrected chi connectivity index (χ4v) is 4.47. The Morgan fingerprint density at radius 2 is 1.61 bits per heavy atom. The lowest BCUT2D eigenvalue weighted by Gasteiger charge is -2.32. The lowest BCUT2D eigenvalue weighted by molar-refractivity contribution is -0.139. The van der Waals surface area contributed by atoms with Crippen LogP contribution in [0, 0.1) is 0 Å². The number of amides is 2. The molecule has 0 aromatic heterocycles. The van der Waals surface area contributed by atoms with Gasteiger partial charge < -0.3 is 10.2 Å². The zero-order valence-corrected chi connectivity index (χ0v) is 22.3. The van der Waals surface area contributed by atoms with Crippen molar-refractivity contribution in [1.82, 2.24) is 10.2 Å². The molecule has 2 aromatic rings. The average molecular weight is 568 g/mol. The molecule has 0 fully saturated rings. The Kier molecular flexibility index (Phi) is 9.66. The summed E-state index contributed by atoms with van der Waals surface area (Å²) in [7, 11) is -4.21. The minimum absolute atomic E-state index is 0.0747. The first-order valence-corrected chi connectivity index (χ1v) is 13.3. The molecule has 13 heteroatoms. The van der Waals surface area contributed by atoms with Crippen molar-refractivity contribution in [2.75, 3.05) is 17.1 Å². The van der Waals surface area contributed by atoms with E-state index in [-0.39, 0.29) is 12.6 Å². The van der Waals surface area contributed by atoms with Crippen LogP contribution in [0.15, 0.2) is 42.5 Å². The van der Waals surface area contributed by atoms with Crippen molar-refractivity contribution in [3.8, 4) is 0 Å². The summed E-state index contributed by atoms with van der Waals surface area (Å²) in [5, 5.41) is 2.53. The first-order valence-electron chi connectivity index (χ1n) is 10.7. The smallest absolute Gasteiger partial charge is 0.352 e. The van der Waals surface area contributed by atoms with Gasteiger partial charge in [0.15, 0.2) is 0 Å². The van der Waals surface area contributed by atoms with Gasteiger partial charge in [-0.1, -0.05) is 35.3 Å². The van der Waals surface area contributed by atoms with Crippen LogP contribution in [0.1, 0.15) is 31.9 Å². The van der Waals surface area contributed by atoms with E-state index in [0.29, 0.717) is 21.0 Å². The molecule has 2 amide bonds. The second kappa shape index (κ2) is 11.7. The predicted octanol–water partition coefficient (Wildman–Crippen LogP) is 4.72. The maximum Gasteiger partial charge on any atom is 0.417 e. The Morgan fingerprint density at radius 3 is 2.11 bits per heavy atom. The van der Waals surface area contributed by atoms with E-state index in [2.05, 4.69) is 5.32 Å². The van der Waals surface area contributed by atoms with Crippen LogP contribution >= 0.6 is 23.2 Å². The van der Waals surface area contributed by atoms with Gasteiger partial charge in [0.05, 0.1) is 22.5 Å². The monoisotopic (exact) mass is 567 g/mol. The molecule has 0 spiro atoms. The van der Waals surface area contributed by atoms with Gasteiger partial charge in [0.25, 0.3) is 0 Å². The van der Waals surface area contributed by atoms with Crippen molar-refractivity contribution in [3.63, 3.8) is 0 Å². The normalized spacial score (nSPS) is 12.8. The third kappa shape index (κ3) is 8.01. The van der Waals surface area contributed by atoms with E-state index in [1.54, 1.807) is 38.1 Å². The second-order valence-electron chi connectivity index (χ2n) is 8.42. The zero-order chi connectivity index (χ0) is 27.4. The number of hydrogen-bond acceptors (Lipinski definition) is 4. The summed E-state index contributed by atoms with van der Waals surface area (Å²) in [5.41, 5.74) is -1.03. The third-order valence-electron chi connectivity index (χ3n) is 5.09. The molecule has 0 bridgehead atoms. The van der Waals surface area contributed by atoms with Gasteiger partial charge in [0.1, 0.15) is 12.6 Å². The summed E-state index contributed by atoms with van der Waals surface area (Å²) >= 11 is 11.6. The highest BCUT2D eigenvalue weighted by molar-refractivity contribution is 7.92. The van der Waals surface area contributed by atoms with Crippen molar-refractivity contribution < 1.29 is 31.2 Å². The minimum atomic E-state index is -4.84. The van der Waals surface area contributed by atoms with Gasteiger partial charge in [-0.3, -0.25) is 13.9 Å². The molecule has 0 aliphatic rings. The molecule has 1 N–H and O–H groups in total. The highest BCUT2D eigenvalue weighted by atomic mass is 35.5. The Bertz CT molecular complexity index is 1210. The number of hydrogen-bond donors (Lipinski definition) is 1. The van der Waals surface area contributed by atoms with Crippen molar-refractivity contribution in [3.05, 3.63) is 63.6 Å².